The van der Waals surface area contributed by atoms with Gasteiger partial charge in [-0.25, -0.2) is 0 Å². The van der Waals surface area contributed by atoms with Crippen molar-refractivity contribution in [3.63, 3.8) is 0 Å². The second-order valence-electron chi connectivity index (χ2n) is 2.90. The van der Waals surface area contributed by atoms with Crippen LogP contribution in [0.2, 0.25) is 10.0 Å². The molecule has 0 aliphatic heterocycles. The minimum Gasteiger partial charge on any atom is -0.308 e. The molecule has 0 atom stereocenters. The van der Waals surface area contributed by atoms with E-state index in [0.29, 0.717) is 28.2 Å². The molecule has 1 nitrogen and oxygen atoms in total. The zero-order valence-corrected chi connectivity index (χ0v) is 9.76. The van der Waals surface area contributed by atoms with Crippen LogP contribution in [0.15, 0.2) is 29.8 Å². The monoisotopic (exact) mass is 249 g/mol. The second-order valence-corrected chi connectivity index (χ2v) is 4.31. The lowest BCUT2D eigenvalue weighted by atomic mass is 10.2. The molecule has 4 heteroatoms. The summed E-state index contributed by atoms with van der Waals surface area (Å²) >= 11 is 17.3. The predicted octanol–water partition coefficient (Wildman–Crippen LogP) is 3.84. The largest absolute Gasteiger partial charge is 0.308 e. The van der Waals surface area contributed by atoms with Gasteiger partial charge in [-0.2, -0.15) is 0 Å². The summed E-state index contributed by atoms with van der Waals surface area (Å²) < 4.78 is 0. The molecule has 0 spiro atoms. The summed E-state index contributed by atoms with van der Waals surface area (Å²) in [7, 11) is 0. The normalized spacial score (nSPS) is 10.2. The summed E-state index contributed by atoms with van der Waals surface area (Å²) in [5.41, 5.74) is 1.03. The van der Waals surface area contributed by atoms with Crippen molar-refractivity contribution in [3.05, 3.63) is 45.4 Å². The molecule has 0 saturated carbocycles. The van der Waals surface area contributed by atoms with E-state index in [0.717, 1.165) is 5.56 Å². The zero-order chi connectivity index (χ0) is 10.6. The summed E-state index contributed by atoms with van der Waals surface area (Å²) in [5.74, 6) is 0. The van der Waals surface area contributed by atoms with Crippen molar-refractivity contribution in [2.24, 2.45) is 0 Å². The topological polar surface area (TPSA) is 12.0 Å². The Hall–Kier alpha value is -0.210. The van der Waals surface area contributed by atoms with Crippen molar-refractivity contribution < 1.29 is 0 Å². The van der Waals surface area contributed by atoms with Gasteiger partial charge in [0.1, 0.15) is 0 Å². The molecular formula is C10H10Cl3N. The third-order valence-corrected chi connectivity index (χ3v) is 2.14. The first-order valence-corrected chi connectivity index (χ1v) is 5.20. The van der Waals surface area contributed by atoms with Gasteiger partial charge in [-0.3, -0.25) is 0 Å². The fourth-order valence-corrected chi connectivity index (χ4v) is 1.72. The highest BCUT2D eigenvalue weighted by Crippen LogP contribution is 2.18. The van der Waals surface area contributed by atoms with E-state index >= 15 is 0 Å². The zero-order valence-electron chi connectivity index (χ0n) is 7.49. The van der Waals surface area contributed by atoms with E-state index in [9.17, 15) is 0 Å². The molecule has 0 radical (unpaired) electrons. The number of nitrogens with one attached hydrogen (secondary N) is 1. The Balaban J connectivity index is 2.54. The molecule has 0 aliphatic rings. The van der Waals surface area contributed by atoms with Crippen LogP contribution in [0.5, 0.6) is 0 Å². The van der Waals surface area contributed by atoms with E-state index in [1.54, 1.807) is 6.07 Å². The Kier molecular flexibility index (Phi) is 4.76. The second kappa shape index (κ2) is 5.62. The SMILES string of the molecule is C=C(Cl)CNCc1cc(Cl)cc(Cl)c1. The molecule has 0 saturated heterocycles. The molecule has 0 amide bonds. The van der Waals surface area contributed by atoms with Crippen LogP contribution < -0.4 is 5.32 Å². The molecule has 0 bridgehead atoms. The van der Waals surface area contributed by atoms with Crippen molar-refractivity contribution in [3.8, 4) is 0 Å². The maximum absolute atomic E-state index is 5.84. The van der Waals surface area contributed by atoms with Crippen LogP contribution in [0.3, 0.4) is 0 Å². The fourth-order valence-electron chi connectivity index (χ4n) is 1.06. The smallest absolute Gasteiger partial charge is 0.0424 e. The number of hydrogen-bond donors (Lipinski definition) is 1. The standard InChI is InChI=1S/C10H10Cl3N/c1-7(11)5-14-6-8-2-9(12)4-10(13)3-8/h2-4,14H,1,5-6H2. The first-order valence-electron chi connectivity index (χ1n) is 4.07. The van der Waals surface area contributed by atoms with Gasteiger partial charge in [0.25, 0.3) is 0 Å². The van der Waals surface area contributed by atoms with Crippen LogP contribution in [-0.4, -0.2) is 6.54 Å². The van der Waals surface area contributed by atoms with Crippen LogP contribution in [-0.2, 0) is 6.54 Å². The van der Waals surface area contributed by atoms with Crippen LogP contribution >= 0.6 is 34.8 Å². The summed E-state index contributed by atoms with van der Waals surface area (Å²) in [6.45, 7) is 4.82. The first kappa shape index (κ1) is 11.9. The van der Waals surface area contributed by atoms with Crippen molar-refractivity contribution in [1.29, 1.82) is 0 Å². The number of halogens is 3. The Labute approximate surface area is 98.7 Å². The van der Waals surface area contributed by atoms with E-state index in [1.165, 1.54) is 0 Å². The minimum atomic E-state index is 0.575. The quantitative estimate of drug-likeness (QED) is 0.856. The van der Waals surface area contributed by atoms with Crippen molar-refractivity contribution in [2.75, 3.05) is 6.54 Å². The van der Waals surface area contributed by atoms with E-state index in [-0.39, 0.29) is 0 Å². The fraction of sp³-hybridized carbons (Fsp3) is 0.200. The van der Waals surface area contributed by atoms with Gasteiger partial charge in [0.15, 0.2) is 0 Å². The predicted molar refractivity (Wildman–Crippen MR) is 63.2 cm³/mol. The Morgan fingerprint density at radius 2 is 1.79 bits per heavy atom. The maximum atomic E-state index is 5.84. The molecule has 1 aromatic rings. The Morgan fingerprint density at radius 3 is 2.29 bits per heavy atom. The van der Waals surface area contributed by atoms with Crippen LogP contribution in [0.1, 0.15) is 5.56 Å². The molecule has 0 fully saturated rings. The lowest BCUT2D eigenvalue weighted by Gasteiger charge is -2.04. The average molecular weight is 251 g/mol. The molecule has 14 heavy (non-hydrogen) atoms. The summed E-state index contributed by atoms with van der Waals surface area (Å²) in [6, 6.07) is 5.42. The highest BCUT2D eigenvalue weighted by molar-refractivity contribution is 6.34. The summed E-state index contributed by atoms with van der Waals surface area (Å²) in [6.07, 6.45) is 0. The molecule has 0 unspecified atom stereocenters. The van der Waals surface area contributed by atoms with Gasteiger partial charge < -0.3 is 5.32 Å². The van der Waals surface area contributed by atoms with E-state index in [1.807, 2.05) is 12.1 Å². The molecule has 0 heterocycles. The molecule has 1 rings (SSSR count). The van der Waals surface area contributed by atoms with Gasteiger partial charge in [0.05, 0.1) is 0 Å². The van der Waals surface area contributed by atoms with Crippen LogP contribution in [0.25, 0.3) is 0 Å². The van der Waals surface area contributed by atoms with Gasteiger partial charge in [-0.05, 0) is 23.8 Å². The van der Waals surface area contributed by atoms with Gasteiger partial charge in [0, 0.05) is 28.2 Å². The van der Waals surface area contributed by atoms with E-state index in [2.05, 4.69) is 11.9 Å². The van der Waals surface area contributed by atoms with E-state index < -0.39 is 0 Å². The number of benzene rings is 1. The molecule has 1 N–H and O–H groups in total. The Bertz CT molecular complexity index is 316. The van der Waals surface area contributed by atoms with Crippen LogP contribution in [0.4, 0.5) is 0 Å². The first-order chi connectivity index (χ1) is 6.58. The van der Waals surface area contributed by atoms with Crippen molar-refractivity contribution >= 4 is 34.8 Å². The molecule has 0 aliphatic carbocycles. The van der Waals surface area contributed by atoms with Gasteiger partial charge in [0.2, 0.25) is 0 Å². The highest BCUT2D eigenvalue weighted by Gasteiger charge is 1.97. The third kappa shape index (κ3) is 4.34. The van der Waals surface area contributed by atoms with Gasteiger partial charge >= 0.3 is 0 Å². The van der Waals surface area contributed by atoms with Gasteiger partial charge in [-0.15, -0.1) is 0 Å². The maximum Gasteiger partial charge on any atom is 0.0424 e. The van der Waals surface area contributed by atoms with Gasteiger partial charge in [-0.1, -0.05) is 41.4 Å². The third-order valence-electron chi connectivity index (χ3n) is 1.57. The van der Waals surface area contributed by atoms with Crippen LogP contribution in [0, 0.1) is 0 Å². The van der Waals surface area contributed by atoms with E-state index in [4.69, 9.17) is 34.8 Å². The van der Waals surface area contributed by atoms with Crippen molar-refractivity contribution in [2.45, 2.75) is 6.54 Å². The minimum absolute atomic E-state index is 0.575. The Morgan fingerprint density at radius 1 is 1.21 bits per heavy atom. The molecule has 1 aromatic carbocycles. The average Bonchev–Trinajstić information content (AvgIpc) is 2.01. The van der Waals surface area contributed by atoms with Crippen molar-refractivity contribution in [1.82, 2.24) is 5.32 Å². The molecule has 0 aromatic heterocycles. The number of rotatable bonds is 4. The highest BCUT2D eigenvalue weighted by atomic mass is 35.5. The summed E-state index contributed by atoms with van der Waals surface area (Å²) in [5, 5.41) is 4.96. The number of hydrogen-bond acceptors (Lipinski definition) is 1. The lowest BCUT2D eigenvalue weighted by molar-refractivity contribution is 0.755. The molecular weight excluding hydrogens is 240 g/mol. The lowest BCUT2D eigenvalue weighted by Crippen LogP contribution is -2.14. The molecule has 76 valence electrons. The summed E-state index contributed by atoms with van der Waals surface area (Å²) in [4.78, 5) is 0.